The van der Waals surface area contributed by atoms with Gasteiger partial charge in [-0.05, 0) is 32.2 Å². The van der Waals surface area contributed by atoms with Gasteiger partial charge in [0.15, 0.2) is 5.82 Å². The van der Waals surface area contributed by atoms with Crippen LogP contribution in [0.4, 0.5) is 0 Å². The van der Waals surface area contributed by atoms with E-state index in [4.69, 9.17) is 4.52 Å². The molecular weight excluding hydrogens is 230 g/mol. The predicted octanol–water partition coefficient (Wildman–Crippen LogP) is 1.61. The van der Waals surface area contributed by atoms with E-state index in [-0.39, 0.29) is 0 Å². The number of hydrogen-bond acceptors (Lipinski definition) is 5. The molecule has 0 amide bonds. The van der Waals surface area contributed by atoms with E-state index in [0.29, 0.717) is 24.9 Å². The first-order chi connectivity index (χ1) is 8.44. The molecule has 0 aromatic carbocycles. The first-order valence-corrected chi connectivity index (χ1v) is 6.71. The molecule has 0 spiro atoms. The summed E-state index contributed by atoms with van der Waals surface area (Å²) in [5.74, 6) is 1.96. The van der Waals surface area contributed by atoms with Gasteiger partial charge in [0, 0.05) is 13.0 Å². The monoisotopic (exact) mass is 253 g/mol. The molecule has 1 aliphatic rings. The van der Waals surface area contributed by atoms with E-state index in [2.05, 4.69) is 28.9 Å². The number of likely N-dealkylation sites (tertiary alicyclic amines) is 1. The smallest absolute Gasteiger partial charge is 0.226 e. The summed E-state index contributed by atoms with van der Waals surface area (Å²) in [6.45, 7) is 8.49. The quantitative estimate of drug-likeness (QED) is 0.883. The van der Waals surface area contributed by atoms with Crippen molar-refractivity contribution in [2.45, 2.75) is 52.2 Å². The molecule has 1 atom stereocenters. The van der Waals surface area contributed by atoms with Gasteiger partial charge in [0.1, 0.15) is 0 Å². The maximum atomic E-state index is 10.0. The molecule has 0 radical (unpaired) electrons. The zero-order valence-corrected chi connectivity index (χ0v) is 11.5. The molecule has 1 aromatic rings. The van der Waals surface area contributed by atoms with E-state index < -0.39 is 5.60 Å². The van der Waals surface area contributed by atoms with Crippen molar-refractivity contribution in [1.82, 2.24) is 15.0 Å². The number of nitrogens with zero attached hydrogens (tertiary/aromatic N) is 3. The molecule has 2 rings (SSSR count). The van der Waals surface area contributed by atoms with Gasteiger partial charge >= 0.3 is 0 Å². The first kappa shape index (κ1) is 13.5. The van der Waals surface area contributed by atoms with E-state index in [1.165, 1.54) is 0 Å². The van der Waals surface area contributed by atoms with Crippen LogP contribution in [0.3, 0.4) is 0 Å². The van der Waals surface area contributed by atoms with Crippen molar-refractivity contribution in [1.29, 1.82) is 0 Å². The van der Waals surface area contributed by atoms with Gasteiger partial charge in [-0.1, -0.05) is 19.0 Å². The van der Waals surface area contributed by atoms with Crippen LogP contribution in [-0.4, -0.2) is 38.8 Å². The molecule has 0 saturated carbocycles. The second-order valence-electron chi connectivity index (χ2n) is 6.01. The minimum Gasteiger partial charge on any atom is -0.389 e. The summed E-state index contributed by atoms with van der Waals surface area (Å²) >= 11 is 0. The number of β-amino-alcohol motifs (C(OH)–C–C–N with tert-alkyl or cyclic N) is 1. The Bertz CT molecular complexity index is 387. The van der Waals surface area contributed by atoms with E-state index in [0.717, 1.165) is 31.6 Å². The van der Waals surface area contributed by atoms with Gasteiger partial charge in [0.05, 0.1) is 12.1 Å². The van der Waals surface area contributed by atoms with Crippen LogP contribution in [-0.2, 0) is 13.0 Å². The Morgan fingerprint density at radius 2 is 2.28 bits per heavy atom. The normalized spacial score (nSPS) is 25.8. The highest BCUT2D eigenvalue weighted by Crippen LogP contribution is 2.21. The lowest BCUT2D eigenvalue weighted by Gasteiger charge is -2.36. The lowest BCUT2D eigenvalue weighted by molar-refractivity contribution is -0.0190. The van der Waals surface area contributed by atoms with Crippen molar-refractivity contribution in [3.8, 4) is 0 Å². The van der Waals surface area contributed by atoms with E-state index in [1.807, 2.05) is 6.92 Å². The number of aromatic nitrogens is 2. The maximum absolute atomic E-state index is 10.0. The number of rotatable bonds is 4. The highest BCUT2D eigenvalue weighted by Gasteiger charge is 2.28. The lowest BCUT2D eigenvalue weighted by Crippen LogP contribution is -2.45. The van der Waals surface area contributed by atoms with Crippen molar-refractivity contribution in [2.75, 3.05) is 13.1 Å². The fraction of sp³-hybridized carbons (Fsp3) is 0.846. The van der Waals surface area contributed by atoms with Crippen molar-refractivity contribution in [3.63, 3.8) is 0 Å². The fourth-order valence-electron chi connectivity index (χ4n) is 2.44. The van der Waals surface area contributed by atoms with Crippen molar-refractivity contribution in [3.05, 3.63) is 11.7 Å². The van der Waals surface area contributed by atoms with Crippen molar-refractivity contribution >= 4 is 0 Å². The van der Waals surface area contributed by atoms with Crippen LogP contribution in [0.15, 0.2) is 4.52 Å². The summed E-state index contributed by atoms with van der Waals surface area (Å²) in [7, 11) is 0. The predicted molar refractivity (Wildman–Crippen MR) is 68.0 cm³/mol. The van der Waals surface area contributed by atoms with Gasteiger partial charge < -0.3 is 9.63 Å². The van der Waals surface area contributed by atoms with Crippen LogP contribution in [0.25, 0.3) is 0 Å². The SMILES string of the molecule is CC(C)Cc1nc(CN2CCCC(C)(O)C2)no1. The molecule has 1 N–H and O–H groups in total. The summed E-state index contributed by atoms with van der Waals surface area (Å²) in [6, 6.07) is 0. The molecule has 2 heterocycles. The Labute approximate surface area is 108 Å². The van der Waals surface area contributed by atoms with Gasteiger partial charge in [-0.2, -0.15) is 4.98 Å². The lowest BCUT2D eigenvalue weighted by atomic mass is 9.95. The summed E-state index contributed by atoms with van der Waals surface area (Å²) in [4.78, 5) is 6.58. The molecule has 0 bridgehead atoms. The molecule has 1 aromatic heterocycles. The molecule has 1 fully saturated rings. The van der Waals surface area contributed by atoms with Crippen LogP contribution in [0, 0.1) is 5.92 Å². The van der Waals surface area contributed by atoms with Crippen molar-refractivity contribution in [2.24, 2.45) is 5.92 Å². The summed E-state index contributed by atoms with van der Waals surface area (Å²) in [5, 5.41) is 14.0. The Hall–Kier alpha value is -0.940. The van der Waals surface area contributed by atoms with Gasteiger partial charge in [-0.25, -0.2) is 0 Å². The van der Waals surface area contributed by atoms with Crippen molar-refractivity contribution < 1.29 is 9.63 Å². The molecule has 0 aliphatic carbocycles. The van der Waals surface area contributed by atoms with Crippen LogP contribution in [0.1, 0.15) is 45.3 Å². The topological polar surface area (TPSA) is 62.4 Å². The van der Waals surface area contributed by atoms with Crippen LogP contribution in [0.5, 0.6) is 0 Å². The van der Waals surface area contributed by atoms with Crippen LogP contribution in [0.2, 0.25) is 0 Å². The van der Waals surface area contributed by atoms with Crippen LogP contribution >= 0.6 is 0 Å². The number of piperidine rings is 1. The third-order valence-corrected chi connectivity index (χ3v) is 3.21. The highest BCUT2D eigenvalue weighted by atomic mass is 16.5. The Morgan fingerprint density at radius 1 is 1.50 bits per heavy atom. The minimum atomic E-state index is -0.581. The molecule has 1 aliphatic heterocycles. The van der Waals surface area contributed by atoms with Gasteiger partial charge in [0.2, 0.25) is 5.89 Å². The van der Waals surface area contributed by atoms with Crippen LogP contribution < -0.4 is 0 Å². The number of hydrogen-bond donors (Lipinski definition) is 1. The molecule has 1 unspecified atom stereocenters. The number of aliphatic hydroxyl groups is 1. The van der Waals surface area contributed by atoms with Gasteiger partial charge in [-0.15, -0.1) is 0 Å². The molecular formula is C13H23N3O2. The second-order valence-corrected chi connectivity index (χ2v) is 6.01. The zero-order valence-electron chi connectivity index (χ0n) is 11.5. The third-order valence-electron chi connectivity index (χ3n) is 3.21. The minimum absolute atomic E-state index is 0.522. The molecule has 5 nitrogen and oxygen atoms in total. The fourth-order valence-corrected chi connectivity index (χ4v) is 2.44. The molecule has 5 heteroatoms. The van der Waals surface area contributed by atoms with E-state index in [9.17, 15) is 5.11 Å². The third kappa shape index (κ3) is 3.78. The molecule has 1 saturated heterocycles. The van der Waals surface area contributed by atoms with E-state index >= 15 is 0 Å². The average molecular weight is 253 g/mol. The Kier molecular flexibility index (Phi) is 4.02. The highest BCUT2D eigenvalue weighted by molar-refractivity contribution is 4.90. The largest absolute Gasteiger partial charge is 0.389 e. The molecule has 18 heavy (non-hydrogen) atoms. The average Bonchev–Trinajstić information content (AvgIpc) is 2.62. The van der Waals surface area contributed by atoms with Gasteiger partial charge in [0.25, 0.3) is 0 Å². The first-order valence-electron chi connectivity index (χ1n) is 6.71. The maximum Gasteiger partial charge on any atom is 0.226 e. The Balaban J connectivity index is 1.91. The summed E-state index contributed by atoms with van der Waals surface area (Å²) in [6.07, 6.45) is 2.71. The molecule has 102 valence electrons. The Morgan fingerprint density at radius 3 is 2.94 bits per heavy atom. The summed E-state index contributed by atoms with van der Waals surface area (Å²) in [5.41, 5.74) is -0.581. The zero-order chi connectivity index (χ0) is 13.2. The van der Waals surface area contributed by atoms with Gasteiger partial charge in [-0.3, -0.25) is 4.90 Å². The van der Waals surface area contributed by atoms with E-state index in [1.54, 1.807) is 0 Å². The second kappa shape index (κ2) is 5.36. The standard InChI is InChI=1S/C13H23N3O2/c1-10(2)7-12-14-11(15-18-12)8-16-6-4-5-13(3,17)9-16/h10,17H,4-9H2,1-3H3. The summed E-state index contributed by atoms with van der Waals surface area (Å²) < 4.78 is 5.22.